The Balaban J connectivity index is 1.78. The molecule has 0 aromatic carbocycles. The van der Waals surface area contributed by atoms with Crippen molar-refractivity contribution in [3.05, 3.63) is 0 Å². The molecule has 1 saturated heterocycles. The van der Waals surface area contributed by atoms with Crippen molar-refractivity contribution in [1.82, 2.24) is 4.90 Å². The highest BCUT2D eigenvalue weighted by atomic mass is 16.3. The second-order valence-electron chi connectivity index (χ2n) is 4.73. The molecule has 2 aliphatic rings. The van der Waals surface area contributed by atoms with Gasteiger partial charge < -0.3 is 10.0 Å². The summed E-state index contributed by atoms with van der Waals surface area (Å²) >= 11 is 0. The molecule has 1 N–H and O–H groups in total. The lowest BCUT2D eigenvalue weighted by molar-refractivity contribution is 0.0236. The van der Waals surface area contributed by atoms with Gasteiger partial charge in [0.1, 0.15) is 0 Å². The van der Waals surface area contributed by atoms with E-state index in [0.29, 0.717) is 5.92 Å². The molecule has 13 heavy (non-hydrogen) atoms. The molecule has 2 rings (SSSR count). The lowest BCUT2D eigenvalue weighted by Crippen LogP contribution is -2.43. The van der Waals surface area contributed by atoms with Gasteiger partial charge in [-0.3, -0.25) is 0 Å². The van der Waals surface area contributed by atoms with Gasteiger partial charge in [0.05, 0.1) is 6.10 Å². The molecule has 1 aliphatic carbocycles. The first-order valence-corrected chi connectivity index (χ1v) is 5.70. The molecule has 1 saturated carbocycles. The van der Waals surface area contributed by atoms with E-state index in [1.54, 1.807) is 0 Å². The third kappa shape index (κ3) is 2.44. The first kappa shape index (κ1) is 9.47. The van der Waals surface area contributed by atoms with Crippen LogP contribution in [0.25, 0.3) is 0 Å². The summed E-state index contributed by atoms with van der Waals surface area (Å²) in [5.41, 5.74) is 0. The van der Waals surface area contributed by atoms with Crippen LogP contribution in [0.5, 0.6) is 0 Å². The third-order valence-corrected chi connectivity index (χ3v) is 3.52. The Morgan fingerprint density at radius 2 is 2.08 bits per heavy atom. The third-order valence-electron chi connectivity index (χ3n) is 3.52. The highest BCUT2D eigenvalue weighted by Gasteiger charge is 2.30. The Morgan fingerprint density at radius 3 is 2.69 bits per heavy atom. The van der Waals surface area contributed by atoms with Crippen LogP contribution in [0.3, 0.4) is 0 Å². The summed E-state index contributed by atoms with van der Waals surface area (Å²) in [6, 6.07) is 0. The van der Waals surface area contributed by atoms with Gasteiger partial charge in [-0.2, -0.15) is 0 Å². The molecule has 0 spiro atoms. The van der Waals surface area contributed by atoms with Gasteiger partial charge in [0.2, 0.25) is 0 Å². The average molecular weight is 183 g/mol. The van der Waals surface area contributed by atoms with E-state index >= 15 is 0 Å². The summed E-state index contributed by atoms with van der Waals surface area (Å²) in [7, 11) is 0. The molecular formula is C11H21NO. The topological polar surface area (TPSA) is 23.5 Å². The van der Waals surface area contributed by atoms with Crippen LogP contribution in [0.1, 0.15) is 32.6 Å². The molecule has 0 aromatic rings. The predicted octanol–water partition coefficient (Wildman–Crippen LogP) is 1.49. The Hall–Kier alpha value is -0.0800. The van der Waals surface area contributed by atoms with Crippen LogP contribution in [0.2, 0.25) is 0 Å². The van der Waals surface area contributed by atoms with Crippen LogP contribution in [-0.2, 0) is 0 Å². The molecular weight excluding hydrogens is 162 g/mol. The normalized spacial score (nSPS) is 36.5. The Kier molecular flexibility index (Phi) is 2.89. The van der Waals surface area contributed by atoms with Crippen molar-refractivity contribution in [1.29, 1.82) is 0 Å². The molecule has 0 amide bonds. The van der Waals surface area contributed by atoms with Crippen LogP contribution in [0, 0.1) is 11.8 Å². The van der Waals surface area contributed by atoms with Crippen LogP contribution >= 0.6 is 0 Å². The molecule has 2 atom stereocenters. The maximum absolute atomic E-state index is 9.71. The van der Waals surface area contributed by atoms with Crippen molar-refractivity contribution in [2.75, 3.05) is 19.6 Å². The molecule has 0 radical (unpaired) electrons. The van der Waals surface area contributed by atoms with Crippen LogP contribution in [-0.4, -0.2) is 35.7 Å². The van der Waals surface area contributed by atoms with E-state index in [0.717, 1.165) is 31.8 Å². The number of nitrogens with zero attached hydrogens (tertiary/aromatic N) is 1. The molecule has 0 aromatic heterocycles. The lowest BCUT2D eigenvalue weighted by atomic mass is 9.92. The van der Waals surface area contributed by atoms with Crippen LogP contribution < -0.4 is 0 Å². The van der Waals surface area contributed by atoms with E-state index in [1.807, 2.05) is 0 Å². The van der Waals surface area contributed by atoms with E-state index in [4.69, 9.17) is 0 Å². The van der Waals surface area contributed by atoms with Crippen molar-refractivity contribution < 1.29 is 5.11 Å². The lowest BCUT2D eigenvalue weighted by Gasteiger charge is -2.35. The fourth-order valence-corrected chi connectivity index (χ4v) is 2.33. The van der Waals surface area contributed by atoms with E-state index in [9.17, 15) is 5.11 Å². The molecule has 2 heteroatoms. The number of aliphatic hydroxyl groups is 1. The highest BCUT2D eigenvalue weighted by Crippen LogP contribution is 2.31. The van der Waals surface area contributed by atoms with Gasteiger partial charge in [0.15, 0.2) is 0 Å². The molecule has 0 bridgehead atoms. The van der Waals surface area contributed by atoms with Gasteiger partial charge in [0.25, 0.3) is 0 Å². The van der Waals surface area contributed by atoms with E-state index in [-0.39, 0.29) is 6.10 Å². The first-order chi connectivity index (χ1) is 6.29. The van der Waals surface area contributed by atoms with E-state index in [2.05, 4.69) is 11.8 Å². The number of rotatable bonds is 3. The number of piperidine rings is 1. The molecule has 2 fully saturated rings. The Morgan fingerprint density at radius 1 is 1.31 bits per heavy atom. The maximum atomic E-state index is 9.71. The van der Waals surface area contributed by atoms with Gasteiger partial charge in [-0.25, -0.2) is 0 Å². The first-order valence-electron chi connectivity index (χ1n) is 5.70. The summed E-state index contributed by atoms with van der Waals surface area (Å²) in [5.74, 6) is 1.53. The standard InChI is InChI=1S/C11H21NO/c1-2-10-8-12(6-5-11(10)13)7-9-3-4-9/h9-11,13H,2-8H2,1H3/t10-,11+/m1/s1. The van der Waals surface area contributed by atoms with Gasteiger partial charge in [-0.15, -0.1) is 0 Å². The smallest absolute Gasteiger partial charge is 0.0592 e. The van der Waals surface area contributed by atoms with Gasteiger partial charge >= 0.3 is 0 Å². The molecule has 1 aliphatic heterocycles. The summed E-state index contributed by atoms with van der Waals surface area (Å²) in [6.45, 7) is 5.74. The highest BCUT2D eigenvalue weighted by molar-refractivity contribution is 4.83. The monoisotopic (exact) mass is 183 g/mol. The van der Waals surface area contributed by atoms with Crippen LogP contribution in [0.15, 0.2) is 0 Å². The number of aliphatic hydroxyl groups excluding tert-OH is 1. The van der Waals surface area contributed by atoms with Gasteiger partial charge in [0, 0.05) is 19.6 Å². The van der Waals surface area contributed by atoms with Gasteiger partial charge in [-0.1, -0.05) is 6.92 Å². The average Bonchev–Trinajstić information content (AvgIpc) is 2.92. The largest absolute Gasteiger partial charge is 0.393 e. The zero-order chi connectivity index (χ0) is 9.26. The minimum Gasteiger partial charge on any atom is -0.393 e. The van der Waals surface area contributed by atoms with E-state index < -0.39 is 0 Å². The molecule has 2 nitrogen and oxygen atoms in total. The van der Waals surface area contributed by atoms with Crippen molar-refractivity contribution >= 4 is 0 Å². The van der Waals surface area contributed by atoms with Crippen molar-refractivity contribution in [2.45, 2.75) is 38.7 Å². The summed E-state index contributed by atoms with van der Waals surface area (Å²) in [6.07, 6.45) is 4.97. The van der Waals surface area contributed by atoms with Crippen molar-refractivity contribution in [3.63, 3.8) is 0 Å². The minimum atomic E-state index is -0.0274. The van der Waals surface area contributed by atoms with Crippen molar-refractivity contribution in [3.8, 4) is 0 Å². The molecule has 1 heterocycles. The molecule has 76 valence electrons. The maximum Gasteiger partial charge on any atom is 0.0592 e. The molecule has 0 unspecified atom stereocenters. The summed E-state index contributed by atoms with van der Waals surface area (Å²) in [5, 5.41) is 9.71. The zero-order valence-electron chi connectivity index (χ0n) is 8.58. The number of hydrogen-bond donors (Lipinski definition) is 1. The quantitative estimate of drug-likeness (QED) is 0.716. The summed E-state index contributed by atoms with van der Waals surface area (Å²) < 4.78 is 0. The number of hydrogen-bond acceptors (Lipinski definition) is 2. The summed E-state index contributed by atoms with van der Waals surface area (Å²) in [4.78, 5) is 2.55. The Bertz CT molecular complexity index is 167. The minimum absolute atomic E-state index is 0.0274. The van der Waals surface area contributed by atoms with E-state index in [1.165, 1.54) is 19.4 Å². The van der Waals surface area contributed by atoms with Crippen LogP contribution in [0.4, 0.5) is 0 Å². The fourth-order valence-electron chi connectivity index (χ4n) is 2.33. The zero-order valence-corrected chi connectivity index (χ0v) is 8.58. The second kappa shape index (κ2) is 3.97. The SMILES string of the molecule is CC[C@@H]1CN(CC2CC2)CC[C@@H]1O. The van der Waals surface area contributed by atoms with Crippen molar-refractivity contribution in [2.24, 2.45) is 11.8 Å². The second-order valence-corrected chi connectivity index (χ2v) is 4.73. The van der Waals surface area contributed by atoms with Gasteiger partial charge in [-0.05, 0) is 37.5 Å². The fraction of sp³-hybridized carbons (Fsp3) is 1.00. The Labute approximate surface area is 80.9 Å². The number of likely N-dealkylation sites (tertiary alicyclic amines) is 1. The predicted molar refractivity (Wildman–Crippen MR) is 53.6 cm³/mol.